The van der Waals surface area contributed by atoms with Gasteiger partial charge in [-0.25, -0.2) is 0 Å². The second-order valence-corrected chi connectivity index (χ2v) is 3.19. The minimum absolute atomic E-state index is 0. The molecule has 1 fully saturated rings. The van der Waals surface area contributed by atoms with Gasteiger partial charge in [-0.15, -0.1) is 0 Å². The van der Waals surface area contributed by atoms with Crippen molar-refractivity contribution in [1.29, 1.82) is 0 Å². The molecule has 0 atom stereocenters. The van der Waals surface area contributed by atoms with Crippen molar-refractivity contribution in [2.75, 3.05) is 0 Å². The van der Waals surface area contributed by atoms with Crippen molar-refractivity contribution < 1.29 is 36.9 Å². The van der Waals surface area contributed by atoms with Crippen LogP contribution in [0.4, 0.5) is 0 Å². The summed E-state index contributed by atoms with van der Waals surface area (Å²) in [5, 5.41) is 20.7. The van der Waals surface area contributed by atoms with Crippen molar-refractivity contribution in [3.05, 3.63) is 0 Å². The smallest absolute Gasteiger partial charge is 0.550 e. The van der Waals surface area contributed by atoms with Crippen molar-refractivity contribution in [3.63, 3.8) is 0 Å². The van der Waals surface area contributed by atoms with E-state index in [9.17, 15) is 19.8 Å². The molecule has 0 aromatic heterocycles. The van der Waals surface area contributed by atoms with Gasteiger partial charge in [-0.1, -0.05) is 0 Å². The minimum atomic E-state index is -1.06. The van der Waals surface area contributed by atoms with E-state index >= 15 is 0 Å². The Balaban J connectivity index is 0.00000144. The van der Waals surface area contributed by atoms with Gasteiger partial charge in [0.15, 0.2) is 0 Å². The summed E-state index contributed by atoms with van der Waals surface area (Å²) in [5.74, 6) is -3.04. The van der Waals surface area contributed by atoms with Crippen molar-refractivity contribution in [2.24, 2.45) is 11.8 Å². The average molecular weight is 234 g/mol. The van der Waals surface area contributed by atoms with E-state index in [4.69, 9.17) is 0 Å². The van der Waals surface area contributed by atoms with E-state index in [2.05, 4.69) is 0 Å². The van der Waals surface area contributed by atoms with Gasteiger partial charge in [0.25, 0.3) is 0 Å². The van der Waals surface area contributed by atoms with Crippen LogP contribution in [0.15, 0.2) is 0 Å². The molecule has 5 heteroatoms. The number of hydrogen-bond donors (Lipinski definition) is 0. The van der Waals surface area contributed by atoms with Gasteiger partial charge < -0.3 is 19.8 Å². The van der Waals surface area contributed by atoms with Crippen LogP contribution >= 0.6 is 0 Å². The Morgan fingerprint density at radius 2 is 1.08 bits per heavy atom. The van der Waals surface area contributed by atoms with Crippen molar-refractivity contribution in [3.8, 4) is 0 Å². The average Bonchev–Trinajstić information content (AvgIpc) is 2.04. The largest absolute Gasteiger partial charge is 2.00 e. The summed E-state index contributed by atoms with van der Waals surface area (Å²) in [6.45, 7) is 0. The maximum Gasteiger partial charge on any atom is 2.00 e. The second kappa shape index (κ2) is 5.25. The molecule has 0 aliphatic heterocycles. The van der Waals surface area contributed by atoms with Crippen molar-refractivity contribution in [1.82, 2.24) is 0 Å². The van der Waals surface area contributed by atoms with Gasteiger partial charge in [0.1, 0.15) is 0 Å². The van der Waals surface area contributed by atoms with Gasteiger partial charge in [-0.05, 0) is 37.5 Å². The van der Waals surface area contributed by atoms with Crippen LogP contribution in [0.25, 0.3) is 0 Å². The number of carboxylic acids is 2. The van der Waals surface area contributed by atoms with Crippen LogP contribution < -0.4 is 10.2 Å². The summed E-state index contributed by atoms with van der Waals surface area (Å²) in [6, 6.07) is 0. The minimum Gasteiger partial charge on any atom is -0.550 e. The van der Waals surface area contributed by atoms with Crippen LogP contribution in [0.3, 0.4) is 0 Å². The van der Waals surface area contributed by atoms with Crippen molar-refractivity contribution in [2.45, 2.75) is 25.7 Å². The maximum absolute atomic E-state index is 10.4. The number of carbonyl (C=O) groups is 2. The molecular formula is C8H10CuO4. The molecule has 1 aliphatic carbocycles. The van der Waals surface area contributed by atoms with E-state index in [0.717, 1.165) is 0 Å². The van der Waals surface area contributed by atoms with E-state index in [1.54, 1.807) is 0 Å². The zero-order valence-electron chi connectivity index (χ0n) is 6.92. The zero-order valence-corrected chi connectivity index (χ0v) is 7.86. The Morgan fingerprint density at radius 3 is 1.23 bits per heavy atom. The molecule has 0 saturated heterocycles. The summed E-state index contributed by atoms with van der Waals surface area (Å²) >= 11 is 0. The summed E-state index contributed by atoms with van der Waals surface area (Å²) < 4.78 is 0. The van der Waals surface area contributed by atoms with E-state index in [1.807, 2.05) is 0 Å². The van der Waals surface area contributed by atoms with Gasteiger partial charge in [-0.2, -0.15) is 0 Å². The summed E-state index contributed by atoms with van der Waals surface area (Å²) in [6.07, 6.45) is 1.62. The van der Waals surface area contributed by atoms with Crippen LogP contribution in [-0.2, 0) is 26.7 Å². The molecule has 0 aromatic carbocycles. The van der Waals surface area contributed by atoms with E-state index in [-0.39, 0.29) is 17.1 Å². The molecule has 0 aromatic rings. The Kier molecular flexibility index (Phi) is 5.03. The Hall–Kier alpha value is -0.541. The van der Waals surface area contributed by atoms with Crippen LogP contribution in [0.5, 0.6) is 0 Å². The van der Waals surface area contributed by atoms with Gasteiger partial charge >= 0.3 is 17.1 Å². The first kappa shape index (κ1) is 12.5. The quantitative estimate of drug-likeness (QED) is 0.532. The molecule has 1 radical (unpaired) electrons. The monoisotopic (exact) mass is 233 g/mol. The molecule has 0 amide bonds. The number of carbonyl (C=O) groups excluding carboxylic acids is 2. The Morgan fingerprint density at radius 1 is 0.846 bits per heavy atom. The van der Waals surface area contributed by atoms with Crippen LogP contribution in [-0.4, -0.2) is 11.9 Å². The molecule has 0 N–H and O–H groups in total. The third-order valence-corrected chi connectivity index (χ3v) is 2.39. The summed E-state index contributed by atoms with van der Waals surface area (Å²) in [5.41, 5.74) is 0. The number of aliphatic carboxylic acids is 2. The van der Waals surface area contributed by atoms with Gasteiger partial charge in [-0.3, -0.25) is 0 Å². The summed E-state index contributed by atoms with van der Waals surface area (Å²) in [7, 11) is 0. The third kappa shape index (κ3) is 3.36. The standard InChI is InChI=1S/C8H12O4.Cu/c9-7(10)5-1-2-6(4-3-5)8(11)12;/h5-6H,1-4H2,(H,9,10)(H,11,12);/q;+2/p-2. The van der Waals surface area contributed by atoms with Gasteiger partial charge in [0.05, 0.1) is 0 Å². The fourth-order valence-electron chi connectivity index (χ4n) is 1.56. The fraction of sp³-hybridized carbons (Fsp3) is 0.750. The SMILES string of the molecule is O=C([O-])C1CCC(C(=O)[O-])CC1.[Cu+2]. The second-order valence-electron chi connectivity index (χ2n) is 3.19. The Labute approximate surface area is 86.8 Å². The fourth-order valence-corrected chi connectivity index (χ4v) is 1.56. The molecule has 13 heavy (non-hydrogen) atoms. The number of rotatable bonds is 2. The number of carboxylic acid groups (broad SMARTS) is 2. The van der Waals surface area contributed by atoms with Crippen LogP contribution in [0.1, 0.15) is 25.7 Å². The maximum atomic E-state index is 10.4. The van der Waals surface area contributed by atoms with Crippen LogP contribution in [0, 0.1) is 11.8 Å². The van der Waals surface area contributed by atoms with Crippen LogP contribution in [0.2, 0.25) is 0 Å². The predicted molar refractivity (Wildman–Crippen MR) is 35.5 cm³/mol. The van der Waals surface area contributed by atoms with Gasteiger partial charge in [0.2, 0.25) is 0 Å². The topological polar surface area (TPSA) is 80.3 Å². The number of hydrogen-bond acceptors (Lipinski definition) is 4. The van der Waals surface area contributed by atoms with E-state index in [1.165, 1.54) is 0 Å². The molecular weight excluding hydrogens is 224 g/mol. The molecule has 0 bridgehead atoms. The molecule has 77 valence electrons. The molecule has 0 unspecified atom stereocenters. The first-order valence-corrected chi connectivity index (χ1v) is 4.03. The van der Waals surface area contributed by atoms with E-state index < -0.39 is 23.8 Å². The van der Waals surface area contributed by atoms with E-state index in [0.29, 0.717) is 25.7 Å². The molecule has 1 saturated carbocycles. The van der Waals surface area contributed by atoms with Crippen molar-refractivity contribution >= 4 is 11.9 Å². The molecule has 1 rings (SSSR count). The first-order chi connectivity index (χ1) is 5.61. The molecule has 1 aliphatic rings. The molecule has 0 spiro atoms. The van der Waals surface area contributed by atoms with Gasteiger partial charge in [0, 0.05) is 11.9 Å². The third-order valence-electron chi connectivity index (χ3n) is 2.39. The normalized spacial score (nSPS) is 27.4. The predicted octanol–water partition coefficient (Wildman–Crippen LogP) is -1.71. The molecule has 4 nitrogen and oxygen atoms in total. The zero-order chi connectivity index (χ0) is 9.14. The Bertz CT molecular complexity index is 174. The molecule has 0 heterocycles. The first-order valence-electron chi connectivity index (χ1n) is 4.03. The summed E-state index contributed by atoms with van der Waals surface area (Å²) in [4.78, 5) is 20.7.